The first kappa shape index (κ1) is 26.6. The van der Waals surface area contributed by atoms with Crippen LogP contribution in [0.5, 0.6) is 0 Å². The Morgan fingerprint density at radius 1 is 1.00 bits per heavy atom. The van der Waals surface area contributed by atoms with E-state index in [0.717, 1.165) is 71.4 Å². The van der Waals surface area contributed by atoms with E-state index in [2.05, 4.69) is 84.7 Å². The molecule has 0 atom stereocenters. The number of hydrazone groups is 1. The maximum atomic E-state index is 5.79. The highest BCUT2D eigenvalue weighted by Crippen LogP contribution is 2.37. The lowest BCUT2D eigenvalue weighted by Crippen LogP contribution is -2.37. The van der Waals surface area contributed by atoms with Gasteiger partial charge in [-0.2, -0.15) is 5.10 Å². The van der Waals surface area contributed by atoms with Crippen LogP contribution in [0.3, 0.4) is 0 Å². The van der Waals surface area contributed by atoms with E-state index < -0.39 is 0 Å². The monoisotopic (exact) mass is 485 g/mol. The predicted octanol–water partition coefficient (Wildman–Crippen LogP) is 5.22. The van der Waals surface area contributed by atoms with Gasteiger partial charge in [-0.3, -0.25) is 0 Å². The summed E-state index contributed by atoms with van der Waals surface area (Å²) < 4.78 is 2.17. The van der Waals surface area contributed by atoms with E-state index in [4.69, 9.17) is 16.6 Å². The van der Waals surface area contributed by atoms with Gasteiger partial charge < -0.3 is 25.9 Å². The number of benzene rings is 2. The van der Waals surface area contributed by atoms with Crippen LogP contribution in [0.1, 0.15) is 49.3 Å². The Kier molecular flexibility index (Phi) is 8.59. The number of nitrogens with zero attached hydrogens (tertiary/aromatic N) is 5. The molecule has 4 rings (SSSR count). The highest BCUT2D eigenvalue weighted by molar-refractivity contribution is 6.03. The first-order valence-electron chi connectivity index (χ1n) is 12.4. The summed E-state index contributed by atoms with van der Waals surface area (Å²) >= 11 is 0. The van der Waals surface area contributed by atoms with Crippen LogP contribution < -0.4 is 16.5 Å². The van der Waals surface area contributed by atoms with Gasteiger partial charge in [0, 0.05) is 32.6 Å². The normalized spacial score (nSPS) is 13.4. The third-order valence-corrected chi connectivity index (χ3v) is 6.43. The molecule has 0 saturated heterocycles. The lowest BCUT2D eigenvalue weighted by Gasteiger charge is -2.38. The molecular weight excluding hydrogens is 446 g/mol. The summed E-state index contributed by atoms with van der Waals surface area (Å²) in [5, 5.41) is 3.56. The minimum Gasteiger partial charge on any atom is -0.382 e. The van der Waals surface area contributed by atoms with Crippen molar-refractivity contribution < 1.29 is 0 Å². The summed E-state index contributed by atoms with van der Waals surface area (Å²) in [6.45, 7) is 15.7. The summed E-state index contributed by atoms with van der Waals surface area (Å²) in [5.74, 6) is 8.68. The number of rotatable bonds is 6. The molecule has 1 aromatic heterocycles. The molecule has 36 heavy (non-hydrogen) atoms. The van der Waals surface area contributed by atoms with Gasteiger partial charge in [-0.15, -0.1) is 0 Å². The number of imidazole rings is 1. The second kappa shape index (κ2) is 11.6. The van der Waals surface area contributed by atoms with Crippen LogP contribution in [0.2, 0.25) is 0 Å². The van der Waals surface area contributed by atoms with E-state index >= 15 is 0 Å². The number of fused-ring (bicyclic) bond motifs is 1. The van der Waals surface area contributed by atoms with Crippen LogP contribution in [0.25, 0.3) is 16.8 Å². The predicted molar refractivity (Wildman–Crippen MR) is 152 cm³/mol. The molecule has 7 heteroatoms. The van der Waals surface area contributed by atoms with Gasteiger partial charge in [0.25, 0.3) is 0 Å². The van der Waals surface area contributed by atoms with Gasteiger partial charge in [0.2, 0.25) is 0 Å². The Bertz CT molecular complexity index is 1250. The second-order valence-electron chi connectivity index (χ2n) is 9.01. The molecule has 0 unspecified atom stereocenters. The number of hydrogen-bond acceptors (Lipinski definition) is 5. The third-order valence-electron chi connectivity index (χ3n) is 6.43. The van der Waals surface area contributed by atoms with Gasteiger partial charge in [0.1, 0.15) is 17.3 Å². The lowest BCUT2D eigenvalue weighted by molar-refractivity contribution is 0.540. The minimum absolute atomic E-state index is 0.348. The summed E-state index contributed by atoms with van der Waals surface area (Å²) in [5.41, 5.74) is 12.1. The number of amidine groups is 1. The molecule has 7 nitrogen and oxygen atoms in total. The zero-order valence-electron chi connectivity index (χ0n) is 22.3. The van der Waals surface area contributed by atoms with Crippen molar-refractivity contribution in [1.29, 1.82) is 0 Å². The Morgan fingerprint density at radius 2 is 1.67 bits per heavy atom. The van der Waals surface area contributed by atoms with E-state index in [1.807, 2.05) is 31.3 Å². The van der Waals surface area contributed by atoms with Gasteiger partial charge in [0.15, 0.2) is 11.7 Å². The van der Waals surface area contributed by atoms with Crippen molar-refractivity contribution in [3.05, 3.63) is 90.2 Å². The fourth-order valence-corrected chi connectivity index (χ4v) is 4.32. The van der Waals surface area contributed by atoms with Gasteiger partial charge >= 0.3 is 0 Å². The van der Waals surface area contributed by atoms with Crippen molar-refractivity contribution >= 4 is 17.4 Å². The van der Waals surface area contributed by atoms with Crippen LogP contribution in [-0.2, 0) is 13.5 Å². The lowest BCUT2D eigenvalue weighted by atomic mass is 9.98. The summed E-state index contributed by atoms with van der Waals surface area (Å²) in [6.07, 6.45) is 3.16. The summed E-state index contributed by atoms with van der Waals surface area (Å²) in [6, 6.07) is 16.1. The van der Waals surface area contributed by atoms with Crippen LogP contribution in [0, 0.1) is 6.92 Å². The Balaban J connectivity index is 0.000000202. The molecule has 190 valence electrons. The van der Waals surface area contributed by atoms with E-state index in [1.54, 1.807) is 0 Å². The number of hydrogen-bond donors (Lipinski definition) is 2. The van der Waals surface area contributed by atoms with Gasteiger partial charge in [-0.05, 0) is 30.9 Å². The van der Waals surface area contributed by atoms with Crippen molar-refractivity contribution in [2.24, 2.45) is 23.7 Å². The van der Waals surface area contributed by atoms with Gasteiger partial charge in [-0.25, -0.2) is 4.98 Å². The quantitative estimate of drug-likeness (QED) is 0.216. The van der Waals surface area contributed by atoms with E-state index in [9.17, 15) is 0 Å². The third kappa shape index (κ3) is 5.30. The molecule has 0 amide bonds. The topological polar surface area (TPSA) is 88.7 Å². The number of nitrogens with two attached hydrogens (primary N) is 2. The molecule has 3 aromatic rings. The van der Waals surface area contributed by atoms with E-state index in [-0.39, 0.29) is 0 Å². The molecule has 0 saturated carbocycles. The standard InChI is InChI=1S/C15H24N4.C14H15N3/c1-7-9-13-16-15-14(18(13)6)11(3)17(5)12(4)19(15)10-8-2;1-10-6-8-11(9-7-10)12-4-2-3-5-13(12)14(15)17-16/h3-4,7-10H2,1-2,5-6H3;2-9H,16H2,1H3,(H2,15,17). The number of anilines is 1. The van der Waals surface area contributed by atoms with Crippen molar-refractivity contribution in [3.8, 4) is 11.1 Å². The van der Waals surface area contributed by atoms with Crippen molar-refractivity contribution in [3.63, 3.8) is 0 Å². The van der Waals surface area contributed by atoms with E-state index in [0.29, 0.717) is 5.84 Å². The SMILES string of the molecule is C=C1c2c(nc(CCC)n2C)N(CCC)C(=C)N1C.Cc1ccc(-c2ccccc2/C(N)=N/N)cc1. The molecule has 1 aliphatic rings. The average Bonchev–Trinajstić information content (AvgIpc) is 3.21. The molecule has 2 aromatic carbocycles. The maximum absolute atomic E-state index is 5.79. The van der Waals surface area contributed by atoms with Crippen LogP contribution in [0.15, 0.2) is 72.6 Å². The second-order valence-corrected chi connectivity index (χ2v) is 9.01. The van der Waals surface area contributed by atoms with Crippen molar-refractivity contribution in [2.75, 3.05) is 18.5 Å². The molecule has 0 spiro atoms. The Labute approximate surface area is 215 Å². The summed E-state index contributed by atoms with van der Waals surface area (Å²) in [7, 11) is 4.09. The molecule has 1 aliphatic heterocycles. The Morgan fingerprint density at radius 3 is 2.28 bits per heavy atom. The molecule has 0 fully saturated rings. The molecule has 0 radical (unpaired) electrons. The smallest absolute Gasteiger partial charge is 0.162 e. The highest BCUT2D eigenvalue weighted by atomic mass is 15.4. The number of aryl methyl sites for hydroxylation is 2. The maximum Gasteiger partial charge on any atom is 0.162 e. The zero-order chi connectivity index (χ0) is 26.4. The largest absolute Gasteiger partial charge is 0.382 e. The first-order chi connectivity index (χ1) is 17.2. The van der Waals surface area contributed by atoms with Crippen LogP contribution >= 0.6 is 0 Å². The highest BCUT2D eigenvalue weighted by Gasteiger charge is 2.31. The van der Waals surface area contributed by atoms with Gasteiger partial charge in [-0.1, -0.05) is 81.1 Å². The van der Waals surface area contributed by atoms with Crippen LogP contribution in [-0.4, -0.2) is 33.9 Å². The van der Waals surface area contributed by atoms with E-state index in [1.165, 1.54) is 5.56 Å². The van der Waals surface area contributed by atoms with Crippen molar-refractivity contribution in [2.45, 2.75) is 40.0 Å². The van der Waals surface area contributed by atoms with Crippen molar-refractivity contribution in [1.82, 2.24) is 14.5 Å². The fraction of sp³-hybridized carbons (Fsp3) is 0.310. The Hall–Kier alpha value is -4.00. The first-order valence-corrected chi connectivity index (χ1v) is 12.4. The fourth-order valence-electron chi connectivity index (χ4n) is 4.32. The zero-order valence-corrected chi connectivity index (χ0v) is 22.3. The molecular formula is C29H39N7. The van der Waals surface area contributed by atoms with Crippen LogP contribution in [0.4, 0.5) is 5.82 Å². The molecule has 0 bridgehead atoms. The summed E-state index contributed by atoms with van der Waals surface area (Å²) in [4.78, 5) is 9.06. The minimum atomic E-state index is 0.348. The molecule has 4 N–H and O–H groups in total. The van der Waals surface area contributed by atoms with Gasteiger partial charge in [0.05, 0.1) is 5.70 Å². The molecule has 2 heterocycles. The number of aromatic nitrogens is 2. The average molecular weight is 486 g/mol. The molecule has 0 aliphatic carbocycles.